The van der Waals surface area contributed by atoms with Crippen molar-refractivity contribution in [1.82, 2.24) is 0 Å². The maximum atomic E-state index is 13.7. The van der Waals surface area contributed by atoms with Crippen LogP contribution in [0.15, 0.2) is 66.9 Å². The smallest absolute Gasteiger partial charge is 0.213 e. The first kappa shape index (κ1) is 17.0. The van der Waals surface area contributed by atoms with E-state index in [0.29, 0.717) is 6.42 Å². The largest absolute Gasteiger partial charge is 0.292 e. The number of aryl methyl sites for hydroxylation is 2. The molecule has 0 aliphatic rings. The van der Waals surface area contributed by atoms with Crippen molar-refractivity contribution in [1.29, 1.82) is 0 Å². The van der Waals surface area contributed by atoms with Gasteiger partial charge in [-0.05, 0) is 48.7 Å². The summed E-state index contributed by atoms with van der Waals surface area (Å²) in [6, 6.07) is 18.9. The summed E-state index contributed by atoms with van der Waals surface area (Å²) in [7, 11) is 0. The maximum Gasteiger partial charge on any atom is 0.213 e. The van der Waals surface area contributed by atoms with Crippen LogP contribution in [-0.2, 0) is 17.8 Å². The molecule has 0 saturated carbocycles. The summed E-state index contributed by atoms with van der Waals surface area (Å²) in [5.74, 6) is -0.287. The molecule has 0 saturated heterocycles. The van der Waals surface area contributed by atoms with Crippen molar-refractivity contribution in [2.24, 2.45) is 0 Å². The van der Waals surface area contributed by atoms with E-state index in [4.69, 9.17) is 0 Å². The molecule has 0 aliphatic heterocycles. The lowest BCUT2D eigenvalue weighted by atomic mass is 9.98. The number of aromatic nitrogens is 1. The van der Waals surface area contributed by atoms with E-state index in [9.17, 15) is 9.18 Å². The average Bonchev–Trinajstić information content (AvgIpc) is 2.59. The van der Waals surface area contributed by atoms with E-state index < -0.39 is 0 Å². The molecule has 3 aromatic rings. The number of carbonyl (C=O) groups excluding carboxylic acids is 1. The second-order valence-corrected chi connectivity index (χ2v) is 6.31. The van der Waals surface area contributed by atoms with Crippen LogP contribution in [-0.4, -0.2) is 5.78 Å². The van der Waals surface area contributed by atoms with Gasteiger partial charge in [0.25, 0.3) is 0 Å². The molecule has 0 N–H and O–H groups in total. The van der Waals surface area contributed by atoms with Crippen molar-refractivity contribution in [2.75, 3.05) is 0 Å². The number of carbonyl (C=O) groups is 1. The van der Waals surface area contributed by atoms with Crippen molar-refractivity contribution >= 4 is 5.78 Å². The van der Waals surface area contributed by atoms with Gasteiger partial charge in [0, 0.05) is 18.1 Å². The second kappa shape index (κ2) is 7.39. The first-order valence-corrected chi connectivity index (χ1v) is 8.36. The lowest BCUT2D eigenvalue weighted by Crippen LogP contribution is -2.41. The van der Waals surface area contributed by atoms with Crippen LogP contribution in [0.4, 0.5) is 4.39 Å². The zero-order chi connectivity index (χ0) is 17.8. The summed E-state index contributed by atoms with van der Waals surface area (Å²) >= 11 is 0. The highest BCUT2D eigenvalue weighted by Gasteiger charge is 2.19. The Morgan fingerprint density at radius 3 is 2.28 bits per heavy atom. The van der Waals surface area contributed by atoms with E-state index in [1.54, 1.807) is 10.6 Å². The highest BCUT2D eigenvalue weighted by molar-refractivity contribution is 5.80. The topological polar surface area (TPSA) is 20.9 Å². The fourth-order valence-electron chi connectivity index (χ4n) is 3.09. The molecule has 2 aromatic carbocycles. The van der Waals surface area contributed by atoms with Crippen LogP contribution in [0.2, 0.25) is 0 Å². The molecule has 25 heavy (non-hydrogen) atoms. The fraction of sp³-hybridized carbons (Fsp3) is 0.182. The Labute approximate surface area is 147 Å². The Morgan fingerprint density at radius 2 is 1.60 bits per heavy atom. The lowest BCUT2D eigenvalue weighted by molar-refractivity contribution is -0.674. The summed E-state index contributed by atoms with van der Waals surface area (Å²) in [5, 5.41) is 0. The molecule has 0 fully saturated rings. The van der Waals surface area contributed by atoms with Gasteiger partial charge < -0.3 is 0 Å². The van der Waals surface area contributed by atoms with E-state index in [0.717, 1.165) is 27.9 Å². The van der Waals surface area contributed by atoms with Crippen LogP contribution in [0, 0.1) is 19.7 Å². The number of ketones is 1. The predicted octanol–water partition coefficient (Wildman–Crippen LogP) is 4.21. The zero-order valence-electron chi connectivity index (χ0n) is 14.5. The summed E-state index contributed by atoms with van der Waals surface area (Å²) in [6.45, 7) is 4.18. The highest BCUT2D eigenvalue weighted by Crippen LogP contribution is 2.16. The zero-order valence-corrected chi connectivity index (χ0v) is 14.5. The van der Waals surface area contributed by atoms with E-state index in [-0.39, 0.29) is 18.1 Å². The number of hydrogen-bond acceptors (Lipinski definition) is 1. The van der Waals surface area contributed by atoms with Gasteiger partial charge in [-0.25, -0.2) is 4.39 Å². The monoisotopic (exact) mass is 334 g/mol. The predicted molar refractivity (Wildman–Crippen MR) is 96.7 cm³/mol. The van der Waals surface area contributed by atoms with Crippen LogP contribution in [0.3, 0.4) is 0 Å². The number of pyridine rings is 1. The first-order chi connectivity index (χ1) is 12.0. The molecule has 1 aromatic heterocycles. The SMILES string of the molecule is Cc1cccc(C)c1CC(=O)C[n+]1cc(F)ccc1-c1ccccc1. The number of rotatable bonds is 5. The Balaban J connectivity index is 1.88. The number of halogens is 1. The van der Waals surface area contributed by atoms with Crippen molar-refractivity contribution in [3.63, 3.8) is 0 Å². The molecule has 126 valence electrons. The van der Waals surface area contributed by atoms with Crippen molar-refractivity contribution < 1.29 is 13.8 Å². The van der Waals surface area contributed by atoms with E-state index >= 15 is 0 Å². The molecular weight excluding hydrogens is 313 g/mol. The van der Waals surface area contributed by atoms with Crippen molar-refractivity contribution in [2.45, 2.75) is 26.8 Å². The molecule has 0 radical (unpaired) electrons. The fourth-order valence-corrected chi connectivity index (χ4v) is 3.09. The van der Waals surface area contributed by atoms with Crippen LogP contribution < -0.4 is 4.57 Å². The minimum atomic E-state index is -0.348. The van der Waals surface area contributed by atoms with Crippen molar-refractivity contribution in [3.05, 3.63) is 89.4 Å². The molecule has 3 rings (SSSR count). The van der Waals surface area contributed by atoms with Gasteiger partial charge >= 0.3 is 0 Å². The summed E-state index contributed by atoms with van der Waals surface area (Å²) in [4.78, 5) is 12.6. The second-order valence-electron chi connectivity index (χ2n) is 6.31. The van der Waals surface area contributed by atoms with Gasteiger partial charge in [-0.3, -0.25) is 4.79 Å². The highest BCUT2D eigenvalue weighted by atomic mass is 19.1. The van der Waals surface area contributed by atoms with Crippen LogP contribution >= 0.6 is 0 Å². The van der Waals surface area contributed by atoms with E-state index in [2.05, 4.69) is 0 Å². The van der Waals surface area contributed by atoms with Gasteiger partial charge in [0.15, 0.2) is 5.82 Å². The van der Waals surface area contributed by atoms with Gasteiger partial charge in [-0.2, -0.15) is 4.57 Å². The number of nitrogens with zero attached hydrogens (tertiary/aromatic N) is 1. The molecule has 1 heterocycles. The molecule has 0 bridgehead atoms. The summed E-state index contributed by atoms with van der Waals surface area (Å²) < 4.78 is 15.4. The van der Waals surface area contributed by atoms with Gasteiger partial charge in [0.1, 0.15) is 0 Å². The molecular formula is C22H21FNO+. The number of hydrogen-bond donors (Lipinski definition) is 0. The Hall–Kier alpha value is -2.81. The van der Waals surface area contributed by atoms with E-state index in [1.807, 2.05) is 62.4 Å². The molecule has 0 aliphatic carbocycles. The molecule has 0 atom stereocenters. The third-order valence-corrected chi connectivity index (χ3v) is 4.42. The Bertz CT molecular complexity index is 883. The minimum absolute atomic E-state index is 0.0604. The number of benzene rings is 2. The summed E-state index contributed by atoms with van der Waals surface area (Å²) in [6.07, 6.45) is 1.75. The lowest BCUT2D eigenvalue weighted by Gasteiger charge is -2.09. The molecule has 0 unspecified atom stereocenters. The minimum Gasteiger partial charge on any atom is -0.292 e. The average molecular weight is 334 g/mol. The van der Waals surface area contributed by atoms with Crippen LogP contribution in [0.25, 0.3) is 11.3 Å². The quantitative estimate of drug-likeness (QED) is 0.640. The third kappa shape index (κ3) is 4.00. The molecule has 2 nitrogen and oxygen atoms in total. The standard InChI is InChI=1S/C22H21FNO/c1-16-7-6-8-17(2)21(16)13-20(25)15-24-14-19(23)11-12-22(24)18-9-4-3-5-10-18/h3-12,14H,13,15H2,1-2H3/q+1. The van der Waals surface area contributed by atoms with Gasteiger partial charge in [-0.1, -0.05) is 36.4 Å². The van der Waals surface area contributed by atoms with Gasteiger partial charge in [-0.15, -0.1) is 0 Å². The van der Waals surface area contributed by atoms with E-state index in [1.165, 1.54) is 12.3 Å². The molecule has 0 spiro atoms. The molecule has 3 heteroatoms. The first-order valence-electron chi connectivity index (χ1n) is 8.36. The van der Waals surface area contributed by atoms with Gasteiger partial charge in [0.2, 0.25) is 24.2 Å². The molecule has 0 amide bonds. The maximum absolute atomic E-state index is 13.7. The Morgan fingerprint density at radius 1 is 0.920 bits per heavy atom. The summed E-state index contributed by atoms with van der Waals surface area (Å²) in [5.41, 5.74) is 5.08. The van der Waals surface area contributed by atoms with Crippen molar-refractivity contribution in [3.8, 4) is 11.3 Å². The van der Waals surface area contributed by atoms with Gasteiger partial charge in [0.05, 0.1) is 0 Å². The third-order valence-electron chi connectivity index (χ3n) is 4.42. The normalized spacial score (nSPS) is 10.7. The van der Waals surface area contributed by atoms with Crippen LogP contribution in [0.5, 0.6) is 0 Å². The van der Waals surface area contributed by atoms with Crippen LogP contribution in [0.1, 0.15) is 16.7 Å². The number of Topliss-reactive ketones (excluding diaryl/α,β-unsaturated/α-hetero) is 1. The Kier molecular flexibility index (Phi) is 5.03.